The highest BCUT2D eigenvalue weighted by Gasteiger charge is 2.32. The second-order valence-corrected chi connectivity index (χ2v) is 7.43. The fraction of sp³-hybridized carbons (Fsp3) is 0.421. The number of hydrogen-bond donors (Lipinski definition) is 2. The number of nitrogens with one attached hydrogen (secondary N) is 1. The van der Waals surface area contributed by atoms with E-state index in [2.05, 4.69) is 10.4 Å². The second-order valence-electron chi connectivity index (χ2n) is 7.43. The van der Waals surface area contributed by atoms with Crippen LogP contribution in [-0.4, -0.2) is 33.9 Å². The molecule has 1 amide bonds. The van der Waals surface area contributed by atoms with Gasteiger partial charge in [-0.05, 0) is 45.4 Å². The predicted molar refractivity (Wildman–Crippen MR) is 97.3 cm³/mol. The molecule has 26 heavy (non-hydrogen) atoms. The Morgan fingerprint density at radius 3 is 2.50 bits per heavy atom. The number of rotatable bonds is 6. The van der Waals surface area contributed by atoms with E-state index in [1.807, 2.05) is 20.8 Å². The van der Waals surface area contributed by atoms with E-state index in [0.29, 0.717) is 16.9 Å². The van der Waals surface area contributed by atoms with Gasteiger partial charge in [-0.15, -0.1) is 0 Å². The van der Waals surface area contributed by atoms with Crippen LogP contribution in [-0.2, 0) is 15.9 Å². The minimum atomic E-state index is -1.10. The number of aromatic nitrogens is 2. The Balaban J connectivity index is 2.33. The minimum Gasteiger partial charge on any atom is -0.497 e. The molecule has 1 aromatic heterocycles. The fourth-order valence-corrected chi connectivity index (χ4v) is 2.62. The maximum Gasteiger partial charge on any atom is 0.306 e. The highest BCUT2D eigenvalue weighted by atomic mass is 16.5. The van der Waals surface area contributed by atoms with E-state index in [1.165, 1.54) is 13.3 Å². The van der Waals surface area contributed by atoms with Crippen molar-refractivity contribution in [3.63, 3.8) is 0 Å². The summed E-state index contributed by atoms with van der Waals surface area (Å²) in [5.41, 5.74) is -0.327. The van der Waals surface area contributed by atoms with E-state index in [9.17, 15) is 14.7 Å². The highest BCUT2D eigenvalue weighted by molar-refractivity contribution is 5.94. The first-order valence-electron chi connectivity index (χ1n) is 8.29. The Morgan fingerprint density at radius 2 is 1.96 bits per heavy atom. The number of carbonyl (C=O) groups is 2. The molecule has 0 bridgehead atoms. The number of amides is 1. The van der Waals surface area contributed by atoms with Crippen molar-refractivity contribution >= 4 is 11.9 Å². The number of hydrogen-bond acceptors (Lipinski definition) is 4. The Labute approximate surface area is 153 Å². The summed E-state index contributed by atoms with van der Waals surface area (Å²) in [4.78, 5) is 24.1. The molecule has 0 saturated carbocycles. The molecule has 7 heteroatoms. The predicted octanol–water partition coefficient (Wildman–Crippen LogP) is 2.77. The summed E-state index contributed by atoms with van der Waals surface area (Å²) in [5, 5.41) is 16.4. The summed E-state index contributed by atoms with van der Waals surface area (Å²) in [6.45, 7) is 7.62. The number of ether oxygens (including phenoxy) is 1. The first-order valence-corrected chi connectivity index (χ1v) is 8.29. The first-order chi connectivity index (χ1) is 12.0. The molecule has 0 aliphatic heterocycles. The molecule has 7 nitrogen and oxygen atoms in total. The average Bonchev–Trinajstić information content (AvgIpc) is 3.04. The number of carboxylic acid groups (broad SMARTS) is 1. The van der Waals surface area contributed by atoms with Crippen molar-refractivity contribution in [2.45, 2.75) is 45.2 Å². The zero-order valence-corrected chi connectivity index (χ0v) is 15.7. The molecule has 0 radical (unpaired) electrons. The lowest BCUT2D eigenvalue weighted by atomic mass is 9.88. The molecule has 0 aliphatic rings. The molecular weight excluding hydrogens is 334 g/mol. The molecule has 0 saturated heterocycles. The van der Waals surface area contributed by atoms with Crippen molar-refractivity contribution in [1.29, 1.82) is 0 Å². The van der Waals surface area contributed by atoms with Gasteiger partial charge in [0.2, 0.25) is 0 Å². The molecule has 1 aromatic carbocycles. The fourth-order valence-electron chi connectivity index (χ4n) is 2.62. The largest absolute Gasteiger partial charge is 0.497 e. The SMILES string of the molecule is COc1cccc(C(C)(CC(=O)O)NC(=O)c2cnn(C(C)(C)C)c2)c1. The minimum absolute atomic E-state index is 0.254. The number of nitrogens with zero attached hydrogens (tertiary/aromatic N) is 2. The third kappa shape index (κ3) is 4.41. The lowest BCUT2D eigenvalue weighted by Gasteiger charge is -2.30. The lowest BCUT2D eigenvalue weighted by Crippen LogP contribution is -2.45. The van der Waals surface area contributed by atoms with Gasteiger partial charge >= 0.3 is 5.97 Å². The Kier molecular flexibility index (Phi) is 5.39. The van der Waals surface area contributed by atoms with Crippen molar-refractivity contribution in [3.8, 4) is 5.75 Å². The lowest BCUT2D eigenvalue weighted by molar-refractivity contribution is -0.138. The smallest absolute Gasteiger partial charge is 0.306 e. The zero-order chi connectivity index (χ0) is 19.5. The standard InChI is InChI=1S/C19H25N3O4/c1-18(2,3)22-12-13(11-20-22)17(25)21-19(4,10-16(23)24)14-7-6-8-15(9-14)26-5/h6-9,11-12H,10H2,1-5H3,(H,21,25)(H,23,24). The Hall–Kier alpha value is -2.83. The van der Waals surface area contributed by atoms with E-state index in [0.717, 1.165) is 0 Å². The summed E-state index contributed by atoms with van der Waals surface area (Å²) in [6.07, 6.45) is 2.87. The maximum absolute atomic E-state index is 12.7. The quantitative estimate of drug-likeness (QED) is 0.827. The average molecular weight is 359 g/mol. The third-order valence-electron chi connectivity index (χ3n) is 4.13. The molecule has 0 aliphatic carbocycles. The van der Waals surface area contributed by atoms with Crippen LogP contribution in [0.15, 0.2) is 36.7 Å². The summed E-state index contributed by atoms with van der Waals surface area (Å²) < 4.78 is 6.91. The van der Waals surface area contributed by atoms with E-state index >= 15 is 0 Å². The topological polar surface area (TPSA) is 93.4 Å². The van der Waals surface area contributed by atoms with Gasteiger partial charge in [0.25, 0.3) is 5.91 Å². The van der Waals surface area contributed by atoms with Crippen LogP contribution in [0.3, 0.4) is 0 Å². The van der Waals surface area contributed by atoms with Gasteiger partial charge in [0, 0.05) is 6.20 Å². The van der Waals surface area contributed by atoms with Crippen molar-refractivity contribution in [2.24, 2.45) is 0 Å². The van der Waals surface area contributed by atoms with Gasteiger partial charge in [-0.25, -0.2) is 0 Å². The van der Waals surface area contributed by atoms with Crippen molar-refractivity contribution in [3.05, 3.63) is 47.8 Å². The molecule has 140 valence electrons. The van der Waals surface area contributed by atoms with Gasteiger partial charge in [0.1, 0.15) is 5.75 Å². The zero-order valence-electron chi connectivity index (χ0n) is 15.7. The summed E-state index contributed by atoms with van der Waals surface area (Å²) in [5.74, 6) is -0.804. The van der Waals surface area contributed by atoms with Crippen LogP contribution in [0.1, 0.15) is 50.0 Å². The van der Waals surface area contributed by atoms with Gasteiger partial charge in [-0.2, -0.15) is 5.10 Å². The van der Waals surface area contributed by atoms with Crippen LogP contribution in [0, 0.1) is 0 Å². The summed E-state index contributed by atoms with van der Waals surface area (Å²) >= 11 is 0. The molecule has 0 spiro atoms. The van der Waals surface area contributed by atoms with Crippen LogP contribution < -0.4 is 10.1 Å². The summed E-state index contributed by atoms with van der Waals surface area (Å²) in [6, 6.07) is 7.02. The van der Waals surface area contributed by atoms with E-state index in [4.69, 9.17) is 4.74 Å². The molecule has 2 rings (SSSR count). The first kappa shape index (κ1) is 19.5. The van der Waals surface area contributed by atoms with Crippen LogP contribution >= 0.6 is 0 Å². The number of benzene rings is 1. The molecule has 0 fully saturated rings. The van der Waals surface area contributed by atoms with E-state index in [-0.39, 0.29) is 17.9 Å². The van der Waals surface area contributed by atoms with Crippen molar-refractivity contribution in [1.82, 2.24) is 15.1 Å². The molecule has 1 unspecified atom stereocenters. The summed E-state index contributed by atoms with van der Waals surface area (Å²) in [7, 11) is 1.53. The number of aliphatic carboxylic acids is 1. The van der Waals surface area contributed by atoms with Crippen LogP contribution in [0.2, 0.25) is 0 Å². The second kappa shape index (κ2) is 7.19. The monoisotopic (exact) mass is 359 g/mol. The number of methoxy groups -OCH3 is 1. The Morgan fingerprint density at radius 1 is 1.27 bits per heavy atom. The van der Waals surface area contributed by atoms with Crippen molar-refractivity contribution in [2.75, 3.05) is 7.11 Å². The number of carbonyl (C=O) groups excluding carboxylic acids is 1. The third-order valence-corrected chi connectivity index (χ3v) is 4.13. The Bertz CT molecular complexity index is 807. The van der Waals surface area contributed by atoms with Crippen LogP contribution in [0.5, 0.6) is 5.75 Å². The normalized spacial score (nSPS) is 13.7. The van der Waals surface area contributed by atoms with Gasteiger partial charge in [-0.3, -0.25) is 14.3 Å². The molecule has 2 N–H and O–H groups in total. The van der Waals surface area contributed by atoms with Crippen LogP contribution in [0.25, 0.3) is 0 Å². The van der Waals surface area contributed by atoms with Gasteiger partial charge < -0.3 is 15.2 Å². The molecule has 1 heterocycles. The van der Waals surface area contributed by atoms with E-state index < -0.39 is 11.5 Å². The maximum atomic E-state index is 12.7. The molecule has 2 aromatic rings. The van der Waals surface area contributed by atoms with E-state index in [1.54, 1.807) is 42.1 Å². The van der Waals surface area contributed by atoms with Crippen LogP contribution in [0.4, 0.5) is 0 Å². The van der Waals surface area contributed by atoms with Gasteiger partial charge in [0.15, 0.2) is 0 Å². The van der Waals surface area contributed by atoms with Gasteiger partial charge in [-0.1, -0.05) is 12.1 Å². The van der Waals surface area contributed by atoms with Gasteiger partial charge in [0.05, 0.1) is 36.4 Å². The van der Waals surface area contributed by atoms with Crippen molar-refractivity contribution < 1.29 is 19.4 Å². The molecule has 1 atom stereocenters. The molecular formula is C19H25N3O4. The number of carboxylic acids is 1. The highest BCUT2D eigenvalue weighted by Crippen LogP contribution is 2.28.